The highest BCUT2D eigenvalue weighted by molar-refractivity contribution is 9.10. The minimum atomic E-state index is 1.07. The van der Waals surface area contributed by atoms with Crippen molar-refractivity contribution in [2.45, 2.75) is 0 Å². The zero-order chi connectivity index (χ0) is 26.8. The number of halogens is 2. The molecule has 188 valence electrons. The fourth-order valence-corrected chi connectivity index (χ4v) is 7.28. The standard InChI is InChI=1S/C38H22Br2/c39-28-14-4-12-26(20-28)33-22-32(23-8-2-1-3-9-23)36(27-13-5-15-29(40)21-27)38-31-17-7-11-25-19-18-24-10-6-16-30(37(33)38)34(24)35(25)31/h1-22H. The van der Waals surface area contributed by atoms with E-state index in [0.29, 0.717) is 0 Å². The molecule has 0 nitrogen and oxygen atoms in total. The smallest absolute Gasteiger partial charge is 0.0181 e. The highest BCUT2D eigenvalue weighted by atomic mass is 79.9. The van der Waals surface area contributed by atoms with Gasteiger partial charge in [-0.3, -0.25) is 0 Å². The van der Waals surface area contributed by atoms with E-state index in [2.05, 4.69) is 165 Å². The summed E-state index contributed by atoms with van der Waals surface area (Å²) in [7, 11) is 0. The molecular formula is C38H22Br2. The molecule has 0 amide bonds. The predicted octanol–water partition coefficient (Wildman–Crippen LogP) is 12.3. The van der Waals surface area contributed by atoms with Gasteiger partial charge in [0, 0.05) is 8.95 Å². The van der Waals surface area contributed by atoms with Crippen LogP contribution in [0, 0.1) is 0 Å². The van der Waals surface area contributed by atoms with Crippen LogP contribution >= 0.6 is 31.9 Å². The van der Waals surface area contributed by atoms with Crippen molar-refractivity contribution in [3.8, 4) is 33.4 Å². The molecule has 0 heterocycles. The lowest BCUT2D eigenvalue weighted by atomic mass is 9.80. The van der Waals surface area contributed by atoms with Crippen LogP contribution in [0.4, 0.5) is 0 Å². The fraction of sp³-hybridized carbons (Fsp3) is 0. The van der Waals surface area contributed by atoms with Crippen molar-refractivity contribution in [3.63, 3.8) is 0 Å². The largest absolute Gasteiger partial charge is 0.0622 e. The van der Waals surface area contributed by atoms with E-state index in [1.165, 1.54) is 76.5 Å². The van der Waals surface area contributed by atoms with E-state index < -0.39 is 0 Å². The lowest BCUT2D eigenvalue weighted by Crippen LogP contribution is -1.95. The summed E-state index contributed by atoms with van der Waals surface area (Å²) < 4.78 is 2.15. The third-order valence-corrected chi connectivity index (χ3v) is 9.07. The lowest BCUT2D eigenvalue weighted by Gasteiger charge is -2.23. The van der Waals surface area contributed by atoms with Gasteiger partial charge < -0.3 is 0 Å². The predicted molar refractivity (Wildman–Crippen MR) is 179 cm³/mol. The summed E-state index contributed by atoms with van der Waals surface area (Å²) in [6.07, 6.45) is 0. The molecule has 0 aliphatic carbocycles. The number of fused-ring (bicyclic) bond motifs is 3. The maximum absolute atomic E-state index is 3.77. The molecule has 0 aromatic heterocycles. The molecule has 40 heavy (non-hydrogen) atoms. The first-order valence-electron chi connectivity index (χ1n) is 13.4. The highest BCUT2D eigenvalue weighted by Crippen LogP contribution is 2.50. The van der Waals surface area contributed by atoms with Gasteiger partial charge in [0.25, 0.3) is 0 Å². The molecule has 0 saturated heterocycles. The quantitative estimate of drug-likeness (QED) is 0.133. The van der Waals surface area contributed by atoms with Crippen molar-refractivity contribution in [3.05, 3.63) is 142 Å². The Kier molecular flexibility index (Phi) is 5.55. The molecule has 0 atom stereocenters. The number of benzene rings is 8. The van der Waals surface area contributed by atoms with Crippen LogP contribution in [0.15, 0.2) is 142 Å². The summed E-state index contributed by atoms with van der Waals surface area (Å²) in [6.45, 7) is 0. The van der Waals surface area contributed by atoms with E-state index in [1.807, 2.05) is 0 Å². The Morgan fingerprint density at radius 1 is 0.350 bits per heavy atom. The maximum atomic E-state index is 3.77. The minimum Gasteiger partial charge on any atom is -0.0622 e. The molecule has 0 saturated carbocycles. The Balaban J connectivity index is 1.72. The topological polar surface area (TPSA) is 0 Å². The molecule has 8 rings (SSSR count). The van der Waals surface area contributed by atoms with Crippen LogP contribution < -0.4 is 0 Å². The lowest BCUT2D eigenvalue weighted by molar-refractivity contribution is 1.58. The van der Waals surface area contributed by atoms with Gasteiger partial charge in [-0.25, -0.2) is 0 Å². The molecule has 0 spiro atoms. The number of rotatable bonds is 3. The Morgan fingerprint density at radius 2 is 0.900 bits per heavy atom. The molecule has 8 aromatic carbocycles. The Hall–Kier alpha value is -3.98. The van der Waals surface area contributed by atoms with Gasteiger partial charge in [-0.05, 0) is 107 Å². The van der Waals surface area contributed by atoms with Crippen LogP contribution in [-0.2, 0) is 0 Å². The second-order valence-electron chi connectivity index (χ2n) is 10.4. The average molecular weight is 638 g/mol. The van der Waals surface area contributed by atoms with Gasteiger partial charge >= 0.3 is 0 Å². The van der Waals surface area contributed by atoms with E-state index in [-0.39, 0.29) is 0 Å². The zero-order valence-electron chi connectivity index (χ0n) is 21.5. The number of hydrogen-bond acceptors (Lipinski definition) is 0. The molecule has 0 aliphatic heterocycles. The summed E-state index contributed by atoms with van der Waals surface area (Å²) in [4.78, 5) is 0. The molecule has 0 N–H and O–H groups in total. The average Bonchev–Trinajstić information content (AvgIpc) is 3.00. The van der Waals surface area contributed by atoms with Crippen LogP contribution in [0.1, 0.15) is 0 Å². The Labute approximate surface area is 249 Å². The summed E-state index contributed by atoms with van der Waals surface area (Å²) in [6, 6.07) is 48.7. The molecule has 0 unspecified atom stereocenters. The molecule has 0 fully saturated rings. The first kappa shape index (κ1) is 23.9. The van der Waals surface area contributed by atoms with Crippen molar-refractivity contribution in [2.75, 3.05) is 0 Å². The molecule has 8 aromatic rings. The van der Waals surface area contributed by atoms with Gasteiger partial charge in [-0.2, -0.15) is 0 Å². The summed E-state index contributed by atoms with van der Waals surface area (Å²) in [5.41, 5.74) is 7.35. The van der Waals surface area contributed by atoms with E-state index in [1.54, 1.807) is 0 Å². The van der Waals surface area contributed by atoms with Gasteiger partial charge in [-0.15, -0.1) is 0 Å². The monoisotopic (exact) mass is 636 g/mol. The van der Waals surface area contributed by atoms with Crippen molar-refractivity contribution >= 4 is 74.9 Å². The maximum Gasteiger partial charge on any atom is 0.0181 e. The van der Waals surface area contributed by atoms with E-state index in [0.717, 1.165) is 8.95 Å². The van der Waals surface area contributed by atoms with E-state index >= 15 is 0 Å². The first-order chi connectivity index (χ1) is 19.7. The third kappa shape index (κ3) is 3.63. The van der Waals surface area contributed by atoms with Crippen LogP contribution in [0.5, 0.6) is 0 Å². The zero-order valence-corrected chi connectivity index (χ0v) is 24.6. The molecular weight excluding hydrogens is 616 g/mol. The van der Waals surface area contributed by atoms with Gasteiger partial charge in [0.15, 0.2) is 0 Å². The summed E-state index contributed by atoms with van der Waals surface area (Å²) >= 11 is 7.52. The van der Waals surface area contributed by atoms with Gasteiger partial charge in [0.2, 0.25) is 0 Å². The van der Waals surface area contributed by atoms with Crippen molar-refractivity contribution in [1.82, 2.24) is 0 Å². The molecule has 0 radical (unpaired) electrons. The summed E-state index contributed by atoms with van der Waals surface area (Å²) in [5.74, 6) is 0. The van der Waals surface area contributed by atoms with Gasteiger partial charge in [0.05, 0.1) is 0 Å². The van der Waals surface area contributed by atoms with Crippen LogP contribution in [-0.4, -0.2) is 0 Å². The summed E-state index contributed by atoms with van der Waals surface area (Å²) in [5, 5.41) is 10.4. The van der Waals surface area contributed by atoms with E-state index in [4.69, 9.17) is 0 Å². The first-order valence-corrected chi connectivity index (χ1v) is 15.0. The normalized spacial score (nSPS) is 11.8. The van der Waals surface area contributed by atoms with Crippen molar-refractivity contribution in [1.29, 1.82) is 0 Å². The number of hydrogen-bond donors (Lipinski definition) is 0. The Bertz CT molecular complexity index is 2230. The third-order valence-electron chi connectivity index (χ3n) is 8.09. The van der Waals surface area contributed by atoms with Crippen molar-refractivity contribution < 1.29 is 0 Å². The van der Waals surface area contributed by atoms with Gasteiger partial charge in [0.1, 0.15) is 0 Å². The molecule has 0 bridgehead atoms. The van der Waals surface area contributed by atoms with Crippen molar-refractivity contribution in [2.24, 2.45) is 0 Å². The second-order valence-corrected chi connectivity index (χ2v) is 12.2. The fourth-order valence-electron chi connectivity index (χ4n) is 6.48. The van der Waals surface area contributed by atoms with Crippen LogP contribution in [0.3, 0.4) is 0 Å². The second kappa shape index (κ2) is 9.30. The molecule has 2 heteroatoms. The highest BCUT2D eigenvalue weighted by Gasteiger charge is 2.23. The van der Waals surface area contributed by atoms with Crippen LogP contribution in [0.2, 0.25) is 0 Å². The van der Waals surface area contributed by atoms with Crippen LogP contribution in [0.25, 0.3) is 76.5 Å². The molecule has 0 aliphatic rings. The minimum absolute atomic E-state index is 1.07. The van der Waals surface area contributed by atoms with E-state index in [9.17, 15) is 0 Å². The SMILES string of the molecule is Brc1cccc(-c2cc(-c3ccccc3)c(-c3cccc(Br)c3)c3c4cccc5ccc6cccc(c23)c6c54)c1. The Morgan fingerprint density at radius 3 is 1.55 bits per heavy atom. The van der Waals surface area contributed by atoms with Gasteiger partial charge in [-0.1, -0.05) is 135 Å².